The molecule has 3 atom stereocenters. The van der Waals surface area contributed by atoms with Gasteiger partial charge in [0.05, 0.1) is 45.3 Å². The molecular weight excluding hydrogens is 890 g/mol. The highest BCUT2D eigenvalue weighted by atomic mass is 35.5. The Hall–Kier alpha value is -6.57. The number of amides is 2. The van der Waals surface area contributed by atoms with Crippen molar-refractivity contribution in [1.82, 2.24) is 50.5 Å². The van der Waals surface area contributed by atoms with Gasteiger partial charge in [-0.3, -0.25) is 13.8 Å². The third-order valence-electron chi connectivity index (χ3n) is 10.5. The van der Waals surface area contributed by atoms with Crippen LogP contribution in [0.25, 0.3) is 0 Å². The normalized spacial score (nSPS) is 15.2. The number of piperidine rings is 1. The zero-order chi connectivity index (χ0) is 46.0. The van der Waals surface area contributed by atoms with Crippen LogP contribution in [0, 0.1) is 11.8 Å². The van der Waals surface area contributed by atoms with Gasteiger partial charge in [-0.25, -0.2) is 34.9 Å². The molecule has 338 valence electrons. The van der Waals surface area contributed by atoms with Crippen molar-refractivity contribution < 1.29 is 13.8 Å². The number of nitrogens with one attached hydrogen (secondary N) is 4. The maximum Gasteiger partial charge on any atom is 0.256 e. The van der Waals surface area contributed by atoms with E-state index in [1.165, 1.54) is 18.9 Å². The lowest BCUT2D eigenvalue weighted by Gasteiger charge is -2.20. The minimum Gasteiger partial charge on any atom is -0.376 e. The summed E-state index contributed by atoms with van der Waals surface area (Å²) in [5, 5.41) is 13.5. The number of benzene rings is 2. The van der Waals surface area contributed by atoms with Crippen LogP contribution in [0.3, 0.4) is 0 Å². The Bertz CT molecular complexity index is 2640. The van der Waals surface area contributed by atoms with Gasteiger partial charge >= 0.3 is 0 Å². The maximum absolute atomic E-state index is 13.0. The molecule has 0 radical (unpaired) electrons. The van der Waals surface area contributed by atoms with Gasteiger partial charge in [0, 0.05) is 97.8 Å². The highest BCUT2D eigenvalue weighted by Gasteiger charge is 2.46. The third-order valence-corrected chi connectivity index (χ3v) is 11.8. The molecule has 0 spiro atoms. The van der Waals surface area contributed by atoms with Gasteiger partial charge in [0.25, 0.3) is 11.8 Å². The molecule has 1 saturated carbocycles. The molecule has 1 saturated heterocycles. The molecule has 65 heavy (non-hydrogen) atoms. The van der Waals surface area contributed by atoms with Crippen molar-refractivity contribution in [3.05, 3.63) is 130 Å². The Kier molecular flexibility index (Phi) is 15.3. The van der Waals surface area contributed by atoms with Gasteiger partial charge in [-0.2, -0.15) is 4.98 Å². The molecule has 18 nitrogen and oxygen atoms in total. The Morgan fingerprint density at radius 3 is 1.58 bits per heavy atom. The van der Waals surface area contributed by atoms with Gasteiger partial charge < -0.3 is 36.0 Å². The van der Waals surface area contributed by atoms with Gasteiger partial charge in [0.2, 0.25) is 11.1 Å². The van der Waals surface area contributed by atoms with Crippen LogP contribution in [-0.2, 0) is 37.0 Å². The Morgan fingerprint density at radius 2 is 1.14 bits per heavy atom. The van der Waals surface area contributed by atoms with Gasteiger partial charge in [-0.05, 0) is 65.8 Å². The standard InChI is InChI=1S/C24H27ClN8O.C20H22ClN7O2S/c1-32(2)20-5-4-15(8-19(20)25)10-28-22-18(23(34)29-12-21-26-6-3-7-27-21)11-30-24(31-22)33-13-16-9-17(16)14-33;1-28(2)16-6-5-13(9-15(16)21)10-24-18-14(11-26-20(27-18)31(3)30)19(29)25-12-17-22-7-4-8-23-17/h3-8,11,16-17H,9-10,12-14H2,1-2H3,(H,29,34)(H,28,30,31);4-9,11H,10,12H2,1-3H3,(H,25,29)(H,24,26,27). The van der Waals surface area contributed by atoms with E-state index in [9.17, 15) is 13.8 Å². The minimum absolute atomic E-state index is 0.131. The molecule has 2 amide bonds. The van der Waals surface area contributed by atoms with Crippen molar-refractivity contribution >= 4 is 74.8 Å². The number of carbonyl (C=O) groups excluding carboxylic acids is 2. The van der Waals surface area contributed by atoms with Crippen LogP contribution in [0.15, 0.2) is 90.9 Å². The summed E-state index contributed by atoms with van der Waals surface area (Å²) in [6, 6.07) is 15.0. The number of anilines is 5. The lowest BCUT2D eigenvalue weighted by molar-refractivity contribution is 0.0941. The van der Waals surface area contributed by atoms with Crippen LogP contribution in [0.2, 0.25) is 10.0 Å². The quantitative estimate of drug-likeness (QED) is 0.0913. The van der Waals surface area contributed by atoms with E-state index in [1.54, 1.807) is 43.1 Å². The maximum atomic E-state index is 13.0. The first-order valence-corrected chi connectivity index (χ1v) is 22.9. The number of carbonyl (C=O) groups is 2. The molecule has 4 N–H and O–H groups in total. The second kappa shape index (κ2) is 21.4. The topological polar surface area (TPSA) is 212 Å². The zero-order valence-corrected chi connectivity index (χ0v) is 38.8. The first-order valence-electron chi connectivity index (χ1n) is 20.6. The fourth-order valence-electron chi connectivity index (χ4n) is 6.96. The molecule has 5 heterocycles. The molecule has 21 heteroatoms. The molecule has 1 aliphatic carbocycles. The van der Waals surface area contributed by atoms with Crippen LogP contribution >= 0.6 is 23.2 Å². The van der Waals surface area contributed by atoms with Gasteiger partial charge in [0.1, 0.15) is 34.4 Å². The summed E-state index contributed by atoms with van der Waals surface area (Å²) < 4.78 is 11.8. The second-order valence-electron chi connectivity index (χ2n) is 15.7. The SMILES string of the molecule is CN(C)c1ccc(CNc2nc(N3CC4CC4C3)ncc2C(=O)NCc2ncccn2)cc1Cl.CN(C)c1ccc(CNc2nc(S(C)=O)ncc2C(=O)NCc2ncccn2)cc1Cl. The molecule has 6 aromatic rings. The summed E-state index contributed by atoms with van der Waals surface area (Å²) in [4.78, 5) is 65.8. The number of aromatic nitrogens is 8. The summed E-state index contributed by atoms with van der Waals surface area (Å²) in [7, 11) is 6.34. The fourth-order valence-corrected chi connectivity index (χ4v) is 8.13. The van der Waals surface area contributed by atoms with E-state index in [2.05, 4.69) is 61.1 Å². The largest absolute Gasteiger partial charge is 0.376 e. The highest BCUT2D eigenvalue weighted by molar-refractivity contribution is 7.84. The molecule has 1 aliphatic heterocycles. The van der Waals surface area contributed by atoms with Crippen molar-refractivity contribution in [3.63, 3.8) is 0 Å². The summed E-state index contributed by atoms with van der Waals surface area (Å²) in [6.07, 6.45) is 12.2. The van der Waals surface area contributed by atoms with Crippen LogP contribution in [0.1, 0.15) is 49.9 Å². The third kappa shape index (κ3) is 12.4. The summed E-state index contributed by atoms with van der Waals surface area (Å²) >= 11 is 12.8. The lowest BCUT2D eigenvalue weighted by Crippen LogP contribution is -2.28. The van der Waals surface area contributed by atoms with Crippen LogP contribution in [-0.4, -0.2) is 103 Å². The van der Waals surface area contributed by atoms with E-state index in [0.29, 0.717) is 52.1 Å². The van der Waals surface area contributed by atoms with E-state index in [4.69, 9.17) is 28.2 Å². The second-order valence-corrected chi connectivity index (χ2v) is 17.8. The minimum atomic E-state index is -1.39. The molecule has 2 fully saturated rings. The fraction of sp³-hybridized carbons (Fsp3) is 0.318. The number of hydrogen-bond acceptors (Lipinski definition) is 16. The number of rotatable bonds is 16. The number of fused-ring (bicyclic) bond motifs is 1. The number of nitrogens with zero attached hydrogens (tertiary/aromatic N) is 11. The van der Waals surface area contributed by atoms with E-state index in [1.807, 2.05) is 74.4 Å². The highest BCUT2D eigenvalue weighted by Crippen LogP contribution is 2.45. The van der Waals surface area contributed by atoms with E-state index >= 15 is 0 Å². The molecule has 2 aliphatic rings. The average Bonchev–Trinajstić information content (AvgIpc) is 3.92. The van der Waals surface area contributed by atoms with E-state index < -0.39 is 16.7 Å². The van der Waals surface area contributed by atoms with Gasteiger partial charge in [0.15, 0.2) is 0 Å². The van der Waals surface area contributed by atoms with Crippen LogP contribution in [0.5, 0.6) is 0 Å². The van der Waals surface area contributed by atoms with Crippen LogP contribution in [0.4, 0.5) is 29.0 Å². The first kappa shape index (κ1) is 46.4. The first-order chi connectivity index (χ1) is 31.3. The van der Waals surface area contributed by atoms with Gasteiger partial charge in [-0.15, -0.1) is 0 Å². The lowest BCUT2D eigenvalue weighted by atomic mass is 10.2. The van der Waals surface area contributed by atoms with Crippen molar-refractivity contribution in [2.24, 2.45) is 11.8 Å². The van der Waals surface area contributed by atoms with Crippen molar-refractivity contribution in [3.8, 4) is 0 Å². The Balaban J connectivity index is 0.000000195. The smallest absolute Gasteiger partial charge is 0.256 e. The molecule has 4 aromatic heterocycles. The van der Waals surface area contributed by atoms with E-state index in [-0.39, 0.29) is 35.5 Å². The molecule has 2 aromatic carbocycles. The zero-order valence-electron chi connectivity index (χ0n) is 36.5. The predicted octanol–water partition coefficient (Wildman–Crippen LogP) is 5.25. The average molecular weight is 939 g/mol. The number of hydrogen-bond donors (Lipinski definition) is 4. The van der Waals surface area contributed by atoms with E-state index in [0.717, 1.165) is 47.4 Å². The molecule has 0 bridgehead atoms. The summed E-state index contributed by atoms with van der Waals surface area (Å²) in [5.74, 6) is 3.26. The predicted molar refractivity (Wildman–Crippen MR) is 253 cm³/mol. The molecular formula is C44H49Cl2N15O3S. The summed E-state index contributed by atoms with van der Waals surface area (Å²) in [6.45, 7) is 3.16. The summed E-state index contributed by atoms with van der Waals surface area (Å²) in [5.41, 5.74) is 4.34. The Labute approximate surface area is 389 Å². The Morgan fingerprint density at radius 1 is 0.677 bits per heavy atom. The van der Waals surface area contributed by atoms with Crippen molar-refractivity contribution in [2.45, 2.75) is 37.8 Å². The van der Waals surface area contributed by atoms with Crippen molar-refractivity contribution in [2.75, 3.05) is 72.9 Å². The molecule has 3 unspecified atom stereocenters. The molecule has 8 rings (SSSR count). The van der Waals surface area contributed by atoms with Crippen molar-refractivity contribution in [1.29, 1.82) is 0 Å². The monoisotopic (exact) mass is 937 g/mol. The van der Waals surface area contributed by atoms with Gasteiger partial charge in [-0.1, -0.05) is 35.3 Å². The number of halogens is 2. The van der Waals surface area contributed by atoms with Crippen LogP contribution < -0.4 is 36.0 Å².